The van der Waals surface area contributed by atoms with Crippen molar-refractivity contribution in [2.75, 3.05) is 0 Å². The molecule has 160 valence electrons. The molecule has 2 aromatic rings. The number of hydrogen-bond donors (Lipinski definition) is 1. The van der Waals surface area contributed by atoms with Gasteiger partial charge in [0.25, 0.3) is 0 Å². The molecule has 30 heavy (non-hydrogen) atoms. The fraction of sp³-hybridized carbons (Fsp3) is 0.375. The van der Waals surface area contributed by atoms with Crippen LogP contribution in [0.1, 0.15) is 74.2 Å². The third kappa shape index (κ3) is 9.35. The number of nitrogens with zero attached hydrogens (tertiary/aromatic N) is 1. The summed E-state index contributed by atoms with van der Waals surface area (Å²) in [4.78, 5) is 24.0. The summed E-state index contributed by atoms with van der Waals surface area (Å²) in [6, 6.07) is 14.0. The zero-order chi connectivity index (χ0) is 21.6. The SMILES string of the molecule is CCCCCCCCCC(=O)N/N=C\c1ccc(OC(=O)c2cccc(Br)c2)cc1. The molecule has 0 fully saturated rings. The first-order valence-corrected chi connectivity index (χ1v) is 11.3. The van der Waals surface area contributed by atoms with Crippen LogP contribution in [-0.2, 0) is 4.79 Å². The normalized spacial score (nSPS) is 10.9. The zero-order valence-electron chi connectivity index (χ0n) is 17.4. The van der Waals surface area contributed by atoms with E-state index in [-0.39, 0.29) is 5.91 Å². The van der Waals surface area contributed by atoms with Gasteiger partial charge in [-0.25, -0.2) is 10.2 Å². The highest BCUT2D eigenvalue weighted by Gasteiger charge is 2.08. The molecule has 0 bridgehead atoms. The molecule has 0 atom stereocenters. The highest BCUT2D eigenvalue weighted by Crippen LogP contribution is 2.16. The number of unbranched alkanes of at least 4 members (excludes halogenated alkanes) is 6. The molecule has 5 nitrogen and oxygen atoms in total. The topological polar surface area (TPSA) is 67.8 Å². The first-order valence-electron chi connectivity index (χ1n) is 10.5. The van der Waals surface area contributed by atoms with E-state index in [9.17, 15) is 9.59 Å². The van der Waals surface area contributed by atoms with E-state index in [1.54, 1.807) is 48.7 Å². The van der Waals surface area contributed by atoms with Gasteiger partial charge in [-0.2, -0.15) is 5.10 Å². The number of ether oxygens (including phenoxy) is 1. The van der Waals surface area contributed by atoms with Gasteiger partial charge < -0.3 is 4.74 Å². The van der Waals surface area contributed by atoms with E-state index in [0.29, 0.717) is 17.7 Å². The van der Waals surface area contributed by atoms with Crippen molar-refractivity contribution < 1.29 is 14.3 Å². The van der Waals surface area contributed by atoms with E-state index in [1.807, 2.05) is 6.07 Å². The Bertz CT molecular complexity index is 835. The van der Waals surface area contributed by atoms with Gasteiger partial charge in [0.2, 0.25) is 5.91 Å². The van der Waals surface area contributed by atoms with Gasteiger partial charge in [0.15, 0.2) is 0 Å². The molecule has 0 aliphatic rings. The minimum absolute atomic E-state index is 0.0700. The molecule has 0 radical (unpaired) electrons. The van der Waals surface area contributed by atoms with Gasteiger partial charge >= 0.3 is 5.97 Å². The standard InChI is InChI=1S/C24H29BrN2O3/c1-2-3-4-5-6-7-8-12-23(28)27-26-18-19-13-15-22(16-14-19)30-24(29)20-10-9-11-21(25)17-20/h9-11,13-18H,2-8,12H2,1H3,(H,27,28)/b26-18-. The van der Waals surface area contributed by atoms with Crippen LogP contribution < -0.4 is 10.2 Å². The fourth-order valence-corrected chi connectivity index (χ4v) is 3.28. The Morgan fingerprint density at radius 2 is 1.70 bits per heavy atom. The van der Waals surface area contributed by atoms with Crippen molar-refractivity contribution in [3.8, 4) is 5.75 Å². The lowest BCUT2D eigenvalue weighted by Crippen LogP contribution is -2.16. The largest absolute Gasteiger partial charge is 0.423 e. The van der Waals surface area contributed by atoms with Crippen molar-refractivity contribution in [3.05, 3.63) is 64.1 Å². The van der Waals surface area contributed by atoms with E-state index in [0.717, 1.165) is 22.9 Å². The minimum atomic E-state index is -0.421. The van der Waals surface area contributed by atoms with Gasteiger partial charge in [0.1, 0.15) is 5.75 Å². The Hall–Kier alpha value is -2.47. The number of esters is 1. The summed E-state index contributed by atoms with van der Waals surface area (Å²) in [6.07, 6.45) is 10.3. The zero-order valence-corrected chi connectivity index (χ0v) is 19.0. The third-order valence-electron chi connectivity index (χ3n) is 4.56. The summed E-state index contributed by atoms with van der Waals surface area (Å²) in [5.41, 5.74) is 3.83. The molecule has 6 heteroatoms. The van der Waals surface area contributed by atoms with E-state index in [1.165, 1.54) is 32.1 Å². The predicted octanol–water partition coefficient (Wildman–Crippen LogP) is 6.26. The maximum absolute atomic E-state index is 12.2. The number of carbonyl (C=O) groups excluding carboxylic acids is 2. The second-order valence-electron chi connectivity index (χ2n) is 7.13. The summed E-state index contributed by atoms with van der Waals surface area (Å²) < 4.78 is 6.18. The van der Waals surface area contributed by atoms with Gasteiger partial charge in [-0.3, -0.25) is 4.79 Å². The number of nitrogens with one attached hydrogen (secondary N) is 1. The molecule has 0 unspecified atom stereocenters. The van der Waals surface area contributed by atoms with Crippen molar-refractivity contribution in [1.29, 1.82) is 0 Å². The Balaban J connectivity index is 1.69. The van der Waals surface area contributed by atoms with E-state index >= 15 is 0 Å². The molecule has 1 amide bonds. The van der Waals surface area contributed by atoms with Crippen LogP contribution in [0.3, 0.4) is 0 Å². The Morgan fingerprint density at radius 1 is 1.00 bits per heavy atom. The summed E-state index contributed by atoms with van der Waals surface area (Å²) in [5.74, 6) is -0.0465. The monoisotopic (exact) mass is 472 g/mol. The van der Waals surface area contributed by atoms with E-state index in [2.05, 4.69) is 33.4 Å². The van der Waals surface area contributed by atoms with Crippen LogP contribution in [0.2, 0.25) is 0 Å². The third-order valence-corrected chi connectivity index (χ3v) is 5.05. The lowest BCUT2D eigenvalue weighted by molar-refractivity contribution is -0.121. The number of benzene rings is 2. The maximum atomic E-state index is 12.2. The quantitative estimate of drug-likeness (QED) is 0.130. The smallest absolute Gasteiger partial charge is 0.343 e. The second-order valence-corrected chi connectivity index (χ2v) is 8.05. The first-order chi connectivity index (χ1) is 14.6. The number of hydrazone groups is 1. The average Bonchev–Trinajstić information content (AvgIpc) is 2.74. The molecule has 2 aromatic carbocycles. The molecule has 0 saturated carbocycles. The van der Waals surface area contributed by atoms with E-state index < -0.39 is 5.97 Å². The molecule has 0 aliphatic carbocycles. The first kappa shape index (κ1) is 23.8. The van der Waals surface area contributed by atoms with Gasteiger partial charge in [-0.1, -0.05) is 67.4 Å². The highest BCUT2D eigenvalue weighted by atomic mass is 79.9. The number of rotatable bonds is 12. The highest BCUT2D eigenvalue weighted by molar-refractivity contribution is 9.10. The molecule has 0 saturated heterocycles. The minimum Gasteiger partial charge on any atom is -0.423 e. The van der Waals surface area contributed by atoms with Gasteiger partial charge in [-0.15, -0.1) is 0 Å². The van der Waals surface area contributed by atoms with Crippen LogP contribution in [-0.4, -0.2) is 18.1 Å². The lowest BCUT2D eigenvalue weighted by Gasteiger charge is -2.05. The molecular weight excluding hydrogens is 444 g/mol. The molecule has 0 heterocycles. The van der Waals surface area contributed by atoms with Crippen molar-refractivity contribution in [2.24, 2.45) is 5.10 Å². The predicted molar refractivity (Wildman–Crippen MR) is 124 cm³/mol. The van der Waals surface area contributed by atoms with Crippen molar-refractivity contribution in [2.45, 2.75) is 58.3 Å². The Kier molecular flexibility index (Phi) is 10.9. The van der Waals surface area contributed by atoms with Crippen LogP contribution >= 0.6 is 15.9 Å². The van der Waals surface area contributed by atoms with Crippen LogP contribution in [0.4, 0.5) is 0 Å². The fourth-order valence-electron chi connectivity index (χ4n) is 2.88. The summed E-state index contributed by atoms with van der Waals surface area (Å²) >= 11 is 3.34. The molecule has 2 rings (SSSR count). The summed E-state index contributed by atoms with van der Waals surface area (Å²) in [7, 11) is 0. The number of halogens is 1. The Morgan fingerprint density at radius 3 is 2.40 bits per heavy atom. The van der Waals surface area contributed by atoms with Crippen LogP contribution in [0.25, 0.3) is 0 Å². The van der Waals surface area contributed by atoms with Crippen molar-refractivity contribution in [3.63, 3.8) is 0 Å². The van der Waals surface area contributed by atoms with Gasteiger partial charge in [0.05, 0.1) is 11.8 Å². The summed E-state index contributed by atoms with van der Waals surface area (Å²) in [5, 5.41) is 3.99. The van der Waals surface area contributed by atoms with Gasteiger partial charge in [0, 0.05) is 10.9 Å². The molecular formula is C24H29BrN2O3. The van der Waals surface area contributed by atoms with Crippen molar-refractivity contribution >= 4 is 34.0 Å². The van der Waals surface area contributed by atoms with E-state index in [4.69, 9.17) is 4.74 Å². The van der Waals surface area contributed by atoms with Crippen LogP contribution in [0.5, 0.6) is 5.75 Å². The number of amides is 1. The van der Waals surface area contributed by atoms with Gasteiger partial charge in [-0.05, 0) is 54.4 Å². The summed E-state index contributed by atoms with van der Waals surface area (Å²) in [6.45, 7) is 2.21. The maximum Gasteiger partial charge on any atom is 0.343 e. The van der Waals surface area contributed by atoms with Crippen LogP contribution in [0.15, 0.2) is 58.1 Å². The molecule has 1 N–H and O–H groups in total. The average molecular weight is 473 g/mol. The second kappa shape index (κ2) is 13.7. The van der Waals surface area contributed by atoms with Crippen molar-refractivity contribution in [1.82, 2.24) is 5.43 Å². The molecule has 0 aromatic heterocycles. The molecule has 0 aliphatic heterocycles. The number of carbonyl (C=O) groups is 2. The number of hydrogen-bond acceptors (Lipinski definition) is 4. The Labute approximate surface area is 187 Å². The lowest BCUT2D eigenvalue weighted by atomic mass is 10.1. The van der Waals surface area contributed by atoms with Crippen LogP contribution in [0, 0.1) is 0 Å². The molecule has 0 spiro atoms.